The highest BCUT2D eigenvalue weighted by atomic mass is 32.1. The Morgan fingerprint density at radius 3 is 2.83 bits per heavy atom. The van der Waals surface area contributed by atoms with Crippen LogP contribution in [0, 0.1) is 6.92 Å². The quantitative estimate of drug-likeness (QED) is 0.748. The van der Waals surface area contributed by atoms with E-state index in [-0.39, 0.29) is 6.10 Å². The van der Waals surface area contributed by atoms with Gasteiger partial charge in [-0.3, -0.25) is 4.98 Å². The molecule has 4 nitrogen and oxygen atoms in total. The molecule has 0 aliphatic carbocycles. The van der Waals surface area contributed by atoms with Crippen LogP contribution in [0.4, 0.5) is 5.69 Å². The summed E-state index contributed by atoms with van der Waals surface area (Å²) in [5.41, 5.74) is 4.31. The number of pyridine rings is 1. The normalized spacial score (nSPS) is 16.2. The molecule has 0 bridgehead atoms. The van der Waals surface area contributed by atoms with Crippen LogP contribution in [0.5, 0.6) is 5.75 Å². The number of rotatable bonds is 3. The number of hydrogen-bond donors (Lipinski definition) is 1. The summed E-state index contributed by atoms with van der Waals surface area (Å²) in [4.78, 5) is 10.1. The molecule has 0 saturated carbocycles. The second kappa shape index (κ2) is 6.24. The largest absolute Gasteiger partial charge is 0.486 e. The highest BCUT2D eigenvalue weighted by Crippen LogP contribution is 2.37. The van der Waals surface area contributed by atoms with Gasteiger partial charge in [-0.2, -0.15) is 0 Å². The minimum atomic E-state index is 0.252. The number of fused-ring (bicyclic) bond motifs is 1. The van der Waals surface area contributed by atoms with Crippen molar-refractivity contribution >= 4 is 17.0 Å². The van der Waals surface area contributed by atoms with Gasteiger partial charge in [-0.05, 0) is 43.7 Å². The van der Waals surface area contributed by atoms with E-state index in [9.17, 15) is 0 Å². The first-order valence-corrected chi connectivity index (χ1v) is 8.99. The van der Waals surface area contributed by atoms with Gasteiger partial charge in [0.2, 0.25) is 0 Å². The molecule has 4 rings (SSSR count). The fourth-order valence-electron chi connectivity index (χ4n) is 2.87. The van der Waals surface area contributed by atoms with Gasteiger partial charge in [0.15, 0.2) is 0 Å². The lowest BCUT2D eigenvalue weighted by atomic mass is 10.1. The van der Waals surface area contributed by atoms with Crippen molar-refractivity contribution in [2.45, 2.75) is 26.4 Å². The number of thiazole rings is 1. The van der Waals surface area contributed by atoms with Gasteiger partial charge in [0.1, 0.15) is 16.9 Å². The third kappa shape index (κ3) is 2.76. The zero-order valence-corrected chi connectivity index (χ0v) is 14.6. The minimum Gasteiger partial charge on any atom is -0.486 e. The number of nitrogens with zero attached hydrogens (tertiary/aromatic N) is 2. The van der Waals surface area contributed by atoms with Gasteiger partial charge in [-0.25, -0.2) is 4.98 Å². The molecular formula is C19H19N3OS. The Hall–Kier alpha value is -2.40. The van der Waals surface area contributed by atoms with Crippen molar-refractivity contribution in [3.05, 3.63) is 47.6 Å². The number of aryl methyl sites for hydroxylation is 1. The average molecular weight is 337 g/mol. The van der Waals surface area contributed by atoms with Gasteiger partial charge in [0.05, 0.1) is 17.9 Å². The van der Waals surface area contributed by atoms with Crippen molar-refractivity contribution in [1.29, 1.82) is 0 Å². The topological polar surface area (TPSA) is 47.0 Å². The molecule has 122 valence electrons. The molecule has 0 radical (unpaired) electrons. The molecule has 1 atom stereocenters. The van der Waals surface area contributed by atoms with Gasteiger partial charge in [-0.15, -0.1) is 11.3 Å². The van der Waals surface area contributed by atoms with Crippen LogP contribution < -0.4 is 10.1 Å². The molecule has 1 N–H and O–H groups in total. The van der Waals surface area contributed by atoms with Crippen molar-refractivity contribution in [3.8, 4) is 27.6 Å². The lowest BCUT2D eigenvalue weighted by Gasteiger charge is -2.26. The van der Waals surface area contributed by atoms with Crippen LogP contribution in [-0.2, 0) is 0 Å². The maximum Gasteiger partial charge on any atom is 0.142 e. The van der Waals surface area contributed by atoms with Crippen molar-refractivity contribution in [3.63, 3.8) is 0 Å². The van der Waals surface area contributed by atoms with Gasteiger partial charge in [-0.1, -0.05) is 6.92 Å². The van der Waals surface area contributed by atoms with E-state index in [0.29, 0.717) is 0 Å². The second-order valence-electron chi connectivity index (χ2n) is 5.90. The summed E-state index contributed by atoms with van der Waals surface area (Å²) in [5, 5.41) is 4.50. The van der Waals surface area contributed by atoms with Crippen LogP contribution in [0.25, 0.3) is 21.8 Å². The lowest BCUT2D eigenvalue weighted by molar-refractivity contribution is 0.202. The average Bonchev–Trinajstić information content (AvgIpc) is 3.03. The molecular weight excluding hydrogens is 318 g/mol. The monoisotopic (exact) mass is 337 g/mol. The Labute approximate surface area is 145 Å². The summed E-state index contributed by atoms with van der Waals surface area (Å²) in [6, 6.07) is 10.3. The third-order valence-corrected chi connectivity index (χ3v) is 5.27. The number of aromatic nitrogens is 2. The summed E-state index contributed by atoms with van der Waals surface area (Å²) in [7, 11) is 0. The van der Waals surface area contributed by atoms with Crippen LogP contribution in [0.3, 0.4) is 0 Å². The van der Waals surface area contributed by atoms with Gasteiger partial charge in [0.25, 0.3) is 0 Å². The standard InChI is InChI=1S/C19H19N3OS/c1-3-15-11-21-16-10-14(4-5-17(16)23-15)18-12(2)24-19(22-18)13-6-8-20-9-7-13/h4-10,15,21H,3,11H2,1-2H3. The summed E-state index contributed by atoms with van der Waals surface area (Å²) in [6.45, 7) is 5.12. The van der Waals surface area contributed by atoms with Crippen LogP contribution in [0.15, 0.2) is 42.7 Å². The van der Waals surface area contributed by atoms with Crippen LogP contribution in [-0.4, -0.2) is 22.6 Å². The Bertz CT molecular complexity index is 860. The van der Waals surface area contributed by atoms with Crippen molar-refractivity contribution in [2.75, 3.05) is 11.9 Å². The van der Waals surface area contributed by atoms with Gasteiger partial charge in [0, 0.05) is 28.4 Å². The van der Waals surface area contributed by atoms with Gasteiger partial charge >= 0.3 is 0 Å². The van der Waals surface area contributed by atoms with E-state index in [0.717, 1.165) is 46.2 Å². The molecule has 24 heavy (non-hydrogen) atoms. The number of benzene rings is 1. The zero-order valence-electron chi connectivity index (χ0n) is 13.7. The van der Waals surface area contributed by atoms with E-state index in [4.69, 9.17) is 9.72 Å². The molecule has 1 aromatic carbocycles. The Morgan fingerprint density at radius 2 is 2.04 bits per heavy atom. The number of hydrogen-bond acceptors (Lipinski definition) is 5. The van der Waals surface area contributed by atoms with E-state index in [1.165, 1.54) is 4.88 Å². The highest BCUT2D eigenvalue weighted by Gasteiger charge is 2.19. The Kier molecular flexibility index (Phi) is 3.94. The first-order chi connectivity index (χ1) is 11.7. The predicted octanol–water partition coefficient (Wildman–Crippen LogP) is 4.76. The van der Waals surface area contributed by atoms with Crippen molar-refractivity contribution in [1.82, 2.24) is 9.97 Å². The maximum absolute atomic E-state index is 5.99. The van der Waals surface area contributed by atoms with Crippen LogP contribution in [0.2, 0.25) is 0 Å². The van der Waals surface area contributed by atoms with E-state index < -0.39 is 0 Å². The molecule has 2 aromatic heterocycles. The molecule has 3 aromatic rings. The van der Waals surface area contributed by atoms with Crippen LogP contribution in [0.1, 0.15) is 18.2 Å². The lowest BCUT2D eigenvalue weighted by Crippen LogP contribution is -2.29. The summed E-state index contributed by atoms with van der Waals surface area (Å²) < 4.78 is 5.99. The molecule has 3 heterocycles. The smallest absolute Gasteiger partial charge is 0.142 e. The van der Waals surface area contributed by atoms with E-state index in [1.807, 2.05) is 18.2 Å². The first-order valence-electron chi connectivity index (χ1n) is 8.17. The third-order valence-electron chi connectivity index (χ3n) is 4.25. The first kappa shape index (κ1) is 15.1. The molecule has 0 fully saturated rings. The summed E-state index contributed by atoms with van der Waals surface area (Å²) in [6.07, 6.45) is 4.86. The number of anilines is 1. The van der Waals surface area contributed by atoms with E-state index >= 15 is 0 Å². The molecule has 0 spiro atoms. The van der Waals surface area contributed by atoms with Crippen molar-refractivity contribution < 1.29 is 4.74 Å². The molecule has 0 saturated heterocycles. The van der Waals surface area contributed by atoms with Crippen molar-refractivity contribution in [2.24, 2.45) is 0 Å². The van der Waals surface area contributed by atoms with E-state index in [1.54, 1.807) is 23.7 Å². The number of nitrogens with one attached hydrogen (secondary N) is 1. The van der Waals surface area contributed by atoms with E-state index in [2.05, 4.69) is 36.3 Å². The SMILES string of the molecule is CCC1CNc2cc(-c3nc(-c4ccncc4)sc3C)ccc2O1. The molecule has 1 aliphatic heterocycles. The second-order valence-corrected chi connectivity index (χ2v) is 7.10. The Balaban J connectivity index is 1.69. The zero-order chi connectivity index (χ0) is 16.5. The molecule has 5 heteroatoms. The summed E-state index contributed by atoms with van der Waals surface area (Å²) in [5.74, 6) is 0.930. The molecule has 1 aliphatic rings. The fraction of sp³-hybridized carbons (Fsp3) is 0.263. The molecule has 0 amide bonds. The maximum atomic E-state index is 5.99. The Morgan fingerprint density at radius 1 is 1.21 bits per heavy atom. The molecule has 1 unspecified atom stereocenters. The minimum absolute atomic E-state index is 0.252. The fourth-order valence-corrected chi connectivity index (χ4v) is 3.81. The van der Waals surface area contributed by atoms with Gasteiger partial charge < -0.3 is 10.1 Å². The highest BCUT2D eigenvalue weighted by molar-refractivity contribution is 7.15. The summed E-state index contributed by atoms with van der Waals surface area (Å²) >= 11 is 1.71. The number of ether oxygens (including phenoxy) is 1. The van der Waals surface area contributed by atoms with Crippen LogP contribution >= 0.6 is 11.3 Å². The predicted molar refractivity (Wildman–Crippen MR) is 98.7 cm³/mol.